The number of rotatable bonds is 7. The van der Waals surface area contributed by atoms with E-state index in [2.05, 4.69) is 9.72 Å². The number of halogens is 5. The van der Waals surface area contributed by atoms with Crippen LogP contribution in [-0.4, -0.2) is 63.3 Å². The van der Waals surface area contributed by atoms with E-state index in [1.165, 1.54) is 12.3 Å². The molecule has 0 saturated carbocycles. The van der Waals surface area contributed by atoms with E-state index in [4.69, 9.17) is 14.7 Å². The molecule has 0 bridgehead atoms. The zero-order valence-corrected chi connectivity index (χ0v) is 25.6. The summed E-state index contributed by atoms with van der Waals surface area (Å²) in [5.41, 5.74) is -0.835. The van der Waals surface area contributed by atoms with Crippen LogP contribution in [0, 0.1) is 0 Å². The second kappa shape index (κ2) is 14.0. The summed E-state index contributed by atoms with van der Waals surface area (Å²) in [6, 6.07) is 20.9. The quantitative estimate of drug-likeness (QED) is 0.244. The van der Waals surface area contributed by atoms with E-state index in [9.17, 15) is 31.9 Å². The lowest BCUT2D eigenvalue weighted by atomic mass is 9.71. The van der Waals surface area contributed by atoms with Crippen LogP contribution >= 0.6 is 0 Å². The average molecular weight is 671 g/mol. The number of fused-ring (bicyclic) bond motifs is 1. The molecule has 2 aromatic carbocycles. The summed E-state index contributed by atoms with van der Waals surface area (Å²) in [7, 11) is 0. The minimum Gasteiger partial charge on any atom is -0.433 e. The third-order valence-corrected chi connectivity index (χ3v) is 8.78. The molecule has 1 saturated heterocycles. The number of hydrogen-bond acceptors (Lipinski definition) is 8. The monoisotopic (exact) mass is 670 g/mol. The van der Waals surface area contributed by atoms with Gasteiger partial charge in [-0.15, -0.1) is 0 Å². The van der Waals surface area contributed by atoms with Crippen molar-refractivity contribution in [3.05, 3.63) is 107 Å². The lowest BCUT2D eigenvalue weighted by molar-refractivity contribution is -0.198. The number of anilines is 1. The predicted molar refractivity (Wildman–Crippen MR) is 161 cm³/mol. The second-order valence-corrected chi connectivity index (χ2v) is 11.7. The first-order chi connectivity index (χ1) is 22.9. The number of carbonyl (C=O) groups is 1. The zero-order chi connectivity index (χ0) is 34.6. The maximum atomic E-state index is 14.9. The molecule has 1 aliphatic carbocycles. The highest BCUT2D eigenvalue weighted by Crippen LogP contribution is 2.51. The smallest absolute Gasteiger partial charge is 0.399 e. The number of Topliss-reactive ketones (excluding diaryl/α,β-unsaturated/α-hetero) is 1. The average Bonchev–Trinajstić information content (AvgIpc) is 3.39. The van der Waals surface area contributed by atoms with Crippen molar-refractivity contribution in [1.29, 1.82) is 0 Å². The first-order valence-corrected chi connectivity index (χ1v) is 15.0. The van der Waals surface area contributed by atoms with Gasteiger partial charge in [-0.25, -0.2) is 4.98 Å². The summed E-state index contributed by atoms with van der Waals surface area (Å²) in [5, 5.41) is 16.0. The summed E-state index contributed by atoms with van der Waals surface area (Å²) >= 11 is 0. The standard InChI is InChI=1S/C33H31F5N4O3.CO2/c1-32(44)25(43)18-24-27(30(32)33(36,37)38)28(20-14-16-41(17-15-20)26-13-12-23(19-39-26)45-31(34)35)40-42(24)29(21-8-4-2-5-9-21)22-10-6-3-7-11-22;2-1-3/h2-13,19-20,29-31,44H,14-18H2,1H3;. The summed E-state index contributed by atoms with van der Waals surface area (Å²) in [6.45, 7) is -1.19. The molecule has 1 N–H and O–H groups in total. The van der Waals surface area contributed by atoms with Gasteiger partial charge in [-0.1, -0.05) is 60.7 Å². The van der Waals surface area contributed by atoms with E-state index in [0.29, 0.717) is 31.7 Å². The largest absolute Gasteiger partial charge is 0.433 e. The fourth-order valence-corrected chi connectivity index (χ4v) is 6.62. The highest BCUT2D eigenvalue weighted by molar-refractivity contribution is 5.92. The highest BCUT2D eigenvalue weighted by atomic mass is 19.4. The number of ether oxygens (including phenoxy) is 1. The number of ketones is 1. The minimum absolute atomic E-state index is 0.0769. The molecule has 2 aliphatic rings. The highest BCUT2D eigenvalue weighted by Gasteiger charge is 2.60. The summed E-state index contributed by atoms with van der Waals surface area (Å²) in [6.07, 6.45) is -3.02. The van der Waals surface area contributed by atoms with E-state index in [1.807, 2.05) is 65.6 Å². The Hall–Kier alpha value is -4.94. The maximum Gasteiger partial charge on any atom is 0.399 e. The van der Waals surface area contributed by atoms with Crippen molar-refractivity contribution in [3.8, 4) is 5.75 Å². The maximum absolute atomic E-state index is 14.9. The number of piperidine rings is 1. The minimum atomic E-state index is -4.92. The molecule has 1 fully saturated rings. The third kappa shape index (κ3) is 6.99. The van der Waals surface area contributed by atoms with Crippen molar-refractivity contribution in [2.45, 2.75) is 62.5 Å². The van der Waals surface area contributed by atoms with Gasteiger partial charge < -0.3 is 14.7 Å². The van der Waals surface area contributed by atoms with Gasteiger partial charge in [0.2, 0.25) is 0 Å². The van der Waals surface area contributed by atoms with Gasteiger partial charge in [0.15, 0.2) is 5.78 Å². The molecule has 14 heteroatoms. The Balaban J connectivity index is 0.00000145. The molecule has 3 heterocycles. The molecule has 1 aliphatic heterocycles. The molecule has 0 spiro atoms. The molecule has 6 rings (SSSR count). The first-order valence-electron chi connectivity index (χ1n) is 15.0. The Morgan fingerprint density at radius 2 is 1.52 bits per heavy atom. The number of benzene rings is 2. The van der Waals surface area contributed by atoms with Crippen LogP contribution in [0.1, 0.15) is 65.7 Å². The van der Waals surface area contributed by atoms with Gasteiger partial charge in [-0.05, 0) is 43.0 Å². The van der Waals surface area contributed by atoms with Crippen LogP contribution in [0.2, 0.25) is 0 Å². The normalized spacial score (nSPS) is 19.8. The number of nitrogens with zero attached hydrogens (tertiary/aromatic N) is 4. The molecule has 2 aromatic heterocycles. The molecule has 0 amide bonds. The number of aliphatic hydroxyl groups is 1. The number of aromatic nitrogens is 3. The fraction of sp³-hybridized carbons (Fsp3) is 0.353. The Bertz CT molecular complexity index is 1690. The lowest BCUT2D eigenvalue weighted by Crippen LogP contribution is -2.52. The van der Waals surface area contributed by atoms with Crippen molar-refractivity contribution in [3.63, 3.8) is 0 Å². The van der Waals surface area contributed by atoms with Crippen molar-refractivity contribution in [2.24, 2.45) is 0 Å². The molecular weight excluding hydrogens is 639 g/mol. The van der Waals surface area contributed by atoms with Gasteiger partial charge in [-0.2, -0.15) is 36.6 Å². The van der Waals surface area contributed by atoms with E-state index >= 15 is 0 Å². The molecule has 2 unspecified atom stereocenters. The van der Waals surface area contributed by atoms with Crippen LogP contribution in [-0.2, 0) is 20.8 Å². The first kappa shape index (κ1) is 34.4. The second-order valence-electron chi connectivity index (χ2n) is 11.7. The number of carbonyl (C=O) groups excluding carboxylic acids is 3. The Labute approximate surface area is 272 Å². The third-order valence-electron chi connectivity index (χ3n) is 8.78. The molecule has 48 heavy (non-hydrogen) atoms. The zero-order valence-electron chi connectivity index (χ0n) is 25.6. The van der Waals surface area contributed by atoms with Gasteiger partial charge in [0.05, 0.1) is 24.0 Å². The Kier molecular flexibility index (Phi) is 10.1. The van der Waals surface area contributed by atoms with E-state index in [1.54, 1.807) is 10.7 Å². The molecule has 4 aromatic rings. The van der Waals surface area contributed by atoms with Gasteiger partial charge in [0.1, 0.15) is 29.1 Å². The van der Waals surface area contributed by atoms with Crippen LogP contribution in [0.5, 0.6) is 5.75 Å². The molecular formula is C34H31F5N4O5. The van der Waals surface area contributed by atoms with E-state index < -0.39 is 48.5 Å². The summed E-state index contributed by atoms with van der Waals surface area (Å²) in [5.74, 6) is -3.31. The van der Waals surface area contributed by atoms with Crippen molar-refractivity contribution in [1.82, 2.24) is 14.8 Å². The molecule has 0 radical (unpaired) electrons. The van der Waals surface area contributed by atoms with Crippen LogP contribution in [0.3, 0.4) is 0 Å². The lowest BCUT2D eigenvalue weighted by Gasteiger charge is -2.39. The fourth-order valence-electron chi connectivity index (χ4n) is 6.62. The van der Waals surface area contributed by atoms with Crippen LogP contribution in [0.25, 0.3) is 0 Å². The van der Waals surface area contributed by atoms with Crippen molar-refractivity contribution in [2.75, 3.05) is 18.0 Å². The Morgan fingerprint density at radius 3 is 2.00 bits per heavy atom. The topological polar surface area (TPSA) is 115 Å². The SMILES string of the molecule is CC1(O)C(=O)Cc2c(c(C3CCN(c4ccc(OC(F)F)cn4)CC3)nn2C(c2ccccc2)c2ccccc2)C1C(F)(F)F.O=C=O. The Morgan fingerprint density at radius 1 is 0.958 bits per heavy atom. The van der Waals surface area contributed by atoms with Crippen LogP contribution in [0.4, 0.5) is 27.8 Å². The number of pyridine rings is 1. The summed E-state index contributed by atoms with van der Waals surface area (Å²) < 4.78 is 75.6. The predicted octanol–water partition coefficient (Wildman–Crippen LogP) is 5.84. The van der Waals surface area contributed by atoms with Gasteiger partial charge in [0.25, 0.3) is 0 Å². The van der Waals surface area contributed by atoms with Crippen LogP contribution in [0.15, 0.2) is 79.0 Å². The summed E-state index contributed by atoms with van der Waals surface area (Å²) in [4.78, 5) is 35.6. The van der Waals surface area contributed by atoms with E-state index in [0.717, 1.165) is 18.1 Å². The van der Waals surface area contributed by atoms with Crippen molar-refractivity contribution < 1.29 is 46.2 Å². The molecule has 9 nitrogen and oxygen atoms in total. The number of alkyl halides is 5. The van der Waals surface area contributed by atoms with Crippen LogP contribution < -0.4 is 9.64 Å². The van der Waals surface area contributed by atoms with Gasteiger partial charge in [-0.3, -0.25) is 9.48 Å². The van der Waals surface area contributed by atoms with Gasteiger partial charge >= 0.3 is 18.9 Å². The molecule has 2 atom stereocenters. The number of hydrogen-bond donors (Lipinski definition) is 1. The van der Waals surface area contributed by atoms with Gasteiger partial charge in [0, 0.05) is 24.6 Å². The molecule has 252 valence electrons. The van der Waals surface area contributed by atoms with Crippen molar-refractivity contribution >= 4 is 17.8 Å². The van der Waals surface area contributed by atoms with E-state index in [-0.39, 0.29) is 28.9 Å².